The van der Waals surface area contributed by atoms with Crippen molar-refractivity contribution in [2.24, 2.45) is 0 Å². The van der Waals surface area contributed by atoms with Crippen molar-refractivity contribution < 1.29 is 8.78 Å². The molecule has 0 spiro atoms. The summed E-state index contributed by atoms with van der Waals surface area (Å²) in [4.78, 5) is 5.29. The second-order valence-electron chi connectivity index (χ2n) is 3.63. The maximum Gasteiger partial charge on any atom is 0.173 e. The van der Waals surface area contributed by atoms with Gasteiger partial charge >= 0.3 is 0 Å². The Morgan fingerprint density at radius 3 is 2.89 bits per heavy atom. The molecular weight excluding hydrogens is 322 g/mol. The minimum atomic E-state index is -0.879. The van der Waals surface area contributed by atoms with Crippen LogP contribution in [0, 0.1) is 11.6 Å². The van der Waals surface area contributed by atoms with E-state index in [9.17, 15) is 8.78 Å². The van der Waals surface area contributed by atoms with Gasteiger partial charge < -0.3 is 5.32 Å². The molecule has 0 radical (unpaired) electrons. The van der Waals surface area contributed by atoms with Gasteiger partial charge in [-0.05, 0) is 34.6 Å². The number of benzene rings is 1. The Bertz CT molecular complexity index is 557. The van der Waals surface area contributed by atoms with Crippen molar-refractivity contribution in [2.45, 2.75) is 13.5 Å². The maximum absolute atomic E-state index is 13.4. The van der Waals surface area contributed by atoms with Crippen LogP contribution in [0.25, 0.3) is 10.6 Å². The Hall–Kier alpha value is -0.850. The molecule has 18 heavy (non-hydrogen) atoms. The van der Waals surface area contributed by atoms with Crippen molar-refractivity contribution in [3.05, 3.63) is 39.3 Å². The van der Waals surface area contributed by atoms with E-state index in [1.165, 1.54) is 17.4 Å². The van der Waals surface area contributed by atoms with Gasteiger partial charge in [0.25, 0.3) is 0 Å². The summed E-state index contributed by atoms with van der Waals surface area (Å²) in [6.45, 7) is 3.63. The number of hydrogen-bond acceptors (Lipinski definition) is 3. The minimum absolute atomic E-state index is 0.117. The summed E-state index contributed by atoms with van der Waals surface area (Å²) in [6, 6.07) is 2.64. The third-order valence-electron chi connectivity index (χ3n) is 2.37. The molecule has 0 bridgehead atoms. The molecule has 0 fully saturated rings. The Kier molecular flexibility index (Phi) is 4.42. The summed E-state index contributed by atoms with van der Waals surface area (Å²) in [5, 5.41) is 3.86. The molecule has 2 nitrogen and oxygen atoms in total. The van der Waals surface area contributed by atoms with Crippen LogP contribution in [0.1, 0.15) is 11.8 Å². The second-order valence-corrected chi connectivity index (χ2v) is 5.54. The van der Waals surface area contributed by atoms with E-state index in [0.717, 1.165) is 24.0 Å². The first-order valence-electron chi connectivity index (χ1n) is 5.42. The number of halogens is 3. The van der Waals surface area contributed by atoms with E-state index in [-0.39, 0.29) is 4.47 Å². The highest BCUT2D eigenvalue weighted by Crippen LogP contribution is 2.34. The van der Waals surface area contributed by atoms with E-state index in [0.29, 0.717) is 10.6 Å². The fraction of sp³-hybridized carbons (Fsp3) is 0.250. The highest BCUT2D eigenvalue weighted by Gasteiger charge is 2.14. The van der Waals surface area contributed by atoms with Crippen LogP contribution in [0.4, 0.5) is 8.78 Å². The van der Waals surface area contributed by atoms with Gasteiger partial charge in [-0.3, -0.25) is 0 Å². The summed E-state index contributed by atoms with van der Waals surface area (Å²) in [5.74, 6) is -1.74. The van der Waals surface area contributed by atoms with Crippen molar-refractivity contribution in [3.8, 4) is 10.6 Å². The Morgan fingerprint density at radius 1 is 1.39 bits per heavy atom. The van der Waals surface area contributed by atoms with Crippen LogP contribution in [0.15, 0.2) is 22.8 Å². The highest BCUT2D eigenvalue weighted by molar-refractivity contribution is 9.10. The normalized spacial score (nSPS) is 10.9. The molecule has 0 aliphatic heterocycles. The van der Waals surface area contributed by atoms with E-state index >= 15 is 0 Å². The lowest BCUT2D eigenvalue weighted by molar-refractivity contribution is 0.505. The summed E-state index contributed by atoms with van der Waals surface area (Å²) >= 11 is 4.53. The third-order valence-corrected chi connectivity index (χ3v) is 4.17. The Balaban J connectivity index is 2.31. The zero-order chi connectivity index (χ0) is 13.1. The minimum Gasteiger partial charge on any atom is -0.312 e. The Morgan fingerprint density at radius 2 is 2.17 bits per heavy atom. The summed E-state index contributed by atoms with van der Waals surface area (Å²) in [7, 11) is 0. The lowest BCUT2D eigenvalue weighted by Crippen LogP contribution is -2.10. The van der Waals surface area contributed by atoms with Gasteiger partial charge in [0.1, 0.15) is 5.01 Å². The predicted octanol–water partition coefficient (Wildman–Crippen LogP) is 3.96. The van der Waals surface area contributed by atoms with Crippen LogP contribution >= 0.6 is 27.3 Å². The lowest BCUT2D eigenvalue weighted by atomic mass is 10.2. The van der Waals surface area contributed by atoms with Crippen molar-refractivity contribution in [2.75, 3.05) is 6.54 Å². The quantitative estimate of drug-likeness (QED) is 0.857. The molecule has 1 aromatic heterocycles. The second kappa shape index (κ2) is 5.86. The van der Waals surface area contributed by atoms with Crippen molar-refractivity contribution >= 4 is 27.3 Å². The van der Waals surface area contributed by atoms with Crippen LogP contribution in [-0.2, 0) is 6.54 Å². The molecule has 0 saturated heterocycles. The van der Waals surface area contributed by atoms with Crippen molar-refractivity contribution in [3.63, 3.8) is 0 Å². The number of rotatable bonds is 4. The van der Waals surface area contributed by atoms with Gasteiger partial charge in [0.05, 0.1) is 4.47 Å². The largest absolute Gasteiger partial charge is 0.312 e. The average Bonchev–Trinajstić information content (AvgIpc) is 2.82. The zero-order valence-electron chi connectivity index (χ0n) is 9.64. The number of aromatic nitrogens is 1. The molecule has 2 aromatic rings. The molecule has 1 heterocycles. The highest BCUT2D eigenvalue weighted by atomic mass is 79.9. The molecule has 1 N–H and O–H groups in total. The van der Waals surface area contributed by atoms with Crippen molar-refractivity contribution in [1.82, 2.24) is 10.3 Å². The van der Waals surface area contributed by atoms with Gasteiger partial charge in [-0.2, -0.15) is 0 Å². The smallest absolute Gasteiger partial charge is 0.173 e. The predicted molar refractivity (Wildman–Crippen MR) is 72.5 cm³/mol. The molecule has 2 rings (SSSR count). The van der Waals surface area contributed by atoms with Gasteiger partial charge in [0, 0.05) is 23.2 Å². The van der Waals surface area contributed by atoms with Crippen LogP contribution in [0.2, 0.25) is 0 Å². The SMILES string of the molecule is CCNCc1cnc(-c2ccc(F)c(F)c2Br)s1. The first-order valence-corrected chi connectivity index (χ1v) is 7.03. The third kappa shape index (κ3) is 2.76. The van der Waals surface area contributed by atoms with E-state index < -0.39 is 11.6 Å². The first kappa shape index (κ1) is 13.6. The average molecular weight is 333 g/mol. The molecule has 0 saturated carbocycles. The zero-order valence-corrected chi connectivity index (χ0v) is 12.0. The van der Waals surface area contributed by atoms with E-state index in [4.69, 9.17) is 0 Å². The van der Waals surface area contributed by atoms with Crippen LogP contribution in [-0.4, -0.2) is 11.5 Å². The van der Waals surface area contributed by atoms with Gasteiger partial charge in [-0.15, -0.1) is 11.3 Å². The summed E-state index contributed by atoms with van der Waals surface area (Å²) < 4.78 is 26.6. The molecular formula is C12H11BrF2N2S. The van der Waals surface area contributed by atoms with Gasteiger partial charge in [0.2, 0.25) is 0 Å². The van der Waals surface area contributed by atoms with Crippen LogP contribution in [0.5, 0.6) is 0 Å². The van der Waals surface area contributed by atoms with Crippen LogP contribution < -0.4 is 5.32 Å². The molecule has 0 atom stereocenters. The molecule has 1 aromatic carbocycles. The fourth-order valence-electron chi connectivity index (χ4n) is 1.45. The van der Waals surface area contributed by atoms with Gasteiger partial charge in [-0.1, -0.05) is 6.92 Å². The fourth-order valence-corrected chi connectivity index (χ4v) is 3.01. The Labute approximate surface area is 116 Å². The molecule has 96 valence electrons. The van der Waals surface area contributed by atoms with E-state index in [1.807, 2.05) is 6.92 Å². The standard InChI is InChI=1S/C12H11BrF2N2S/c1-2-16-5-7-6-17-12(18-7)8-3-4-9(14)11(15)10(8)13/h3-4,6,16H,2,5H2,1H3. The first-order chi connectivity index (χ1) is 8.63. The molecule has 0 unspecified atom stereocenters. The lowest BCUT2D eigenvalue weighted by Gasteiger charge is -2.02. The summed E-state index contributed by atoms with van der Waals surface area (Å²) in [5.41, 5.74) is 0.571. The number of nitrogens with zero attached hydrogens (tertiary/aromatic N) is 1. The molecule has 0 amide bonds. The number of hydrogen-bond donors (Lipinski definition) is 1. The number of thiazole rings is 1. The van der Waals surface area contributed by atoms with E-state index in [2.05, 4.69) is 26.2 Å². The molecule has 0 aliphatic carbocycles. The van der Waals surface area contributed by atoms with E-state index in [1.54, 1.807) is 6.20 Å². The van der Waals surface area contributed by atoms with Crippen molar-refractivity contribution in [1.29, 1.82) is 0 Å². The molecule has 0 aliphatic rings. The number of nitrogens with one attached hydrogen (secondary N) is 1. The summed E-state index contributed by atoms with van der Waals surface area (Å²) in [6.07, 6.45) is 1.75. The van der Waals surface area contributed by atoms with Gasteiger partial charge in [-0.25, -0.2) is 13.8 Å². The van der Waals surface area contributed by atoms with Crippen LogP contribution in [0.3, 0.4) is 0 Å². The maximum atomic E-state index is 13.4. The monoisotopic (exact) mass is 332 g/mol. The molecule has 6 heteroatoms. The van der Waals surface area contributed by atoms with Gasteiger partial charge in [0.15, 0.2) is 11.6 Å². The topological polar surface area (TPSA) is 24.9 Å².